The number of rotatable bonds is 5. The Morgan fingerprint density at radius 1 is 1.32 bits per heavy atom. The average Bonchev–Trinajstić information content (AvgIpc) is 3.38. The number of amides is 2. The first kappa shape index (κ1) is 16.8. The van der Waals surface area contributed by atoms with Crippen molar-refractivity contribution in [3.63, 3.8) is 0 Å². The standard InChI is InChI=1S/C17H17FN4O3/c1-10-8-14(23)16(17(25)19-9-15(24)20-11-6-7-11)21-22(10)13-5-3-2-4-12(13)18/h2-5,8,11H,6-7,9H2,1H3,(H,19,25)(H,20,24). The molecule has 1 heterocycles. The summed E-state index contributed by atoms with van der Waals surface area (Å²) in [6.45, 7) is 1.34. The minimum atomic E-state index is -0.777. The molecule has 0 bridgehead atoms. The molecule has 0 unspecified atom stereocenters. The van der Waals surface area contributed by atoms with E-state index < -0.39 is 22.8 Å². The van der Waals surface area contributed by atoms with Crippen LogP contribution in [0.2, 0.25) is 0 Å². The molecule has 0 atom stereocenters. The van der Waals surface area contributed by atoms with Crippen molar-refractivity contribution in [2.45, 2.75) is 25.8 Å². The first-order valence-corrected chi connectivity index (χ1v) is 7.89. The molecule has 0 saturated heterocycles. The topological polar surface area (TPSA) is 93.1 Å². The summed E-state index contributed by atoms with van der Waals surface area (Å²) >= 11 is 0. The number of halogens is 1. The van der Waals surface area contributed by atoms with Crippen LogP contribution in [0, 0.1) is 12.7 Å². The van der Waals surface area contributed by atoms with Gasteiger partial charge in [-0.25, -0.2) is 9.07 Å². The smallest absolute Gasteiger partial charge is 0.276 e. The van der Waals surface area contributed by atoms with Crippen LogP contribution in [0.3, 0.4) is 0 Å². The van der Waals surface area contributed by atoms with Crippen LogP contribution in [0.25, 0.3) is 5.69 Å². The first-order valence-electron chi connectivity index (χ1n) is 7.89. The van der Waals surface area contributed by atoms with Crippen molar-refractivity contribution in [1.29, 1.82) is 0 Å². The third-order valence-electron chi connectivity index (χ3n) is 3.76. The summed E-state index contributed by atoms with van der Waals surface area (Å²) in [5.74, 6) is -1.63. The molecule has 1 aromatic heterocycles. The Morgan fingerprint density at radius 3 is 2.72 bits per heavy atom. The van der Waals surface area contributed by atoms with E-state index in [9.17, 15) is 18.8 Å². The van der Waals surface area contributed by atoms with Gasteiger partial charge in [0, 0.05) is 17.8 Å². The summed E-state index contributed by atoms with van der Waals surface area (Å²) in [6, 6.07) is 7.29. The van der Waals surface area contributed by atoms with Crippen molar-refractivity contribution in [3.8, 4) is 5.69 Å². The number of para-hydroxylation sites is 1. The van der Waals surface area contributed by atoms with Gasteiger partial charge in [0.25, 0.3) is 5.91 Å². The zero-order valence-corrected chi connectivity index (χ0v) is 13.6. The van der Waals surface area contributed by atoms with Gasteiger partial charge in [0.1, 0.15) is 11.5 Å². The summed E-state index contributed by atoms with van der Waals surface area (Å²) in [5, 5.41) is 9.06. The largest absolute Gasteiger partial charge is 0.352 e. The first-order chi connectivity index (χ1) is 12.0. The van der Waals surface area contributed by atoms with Crippen molar-refractivity contribution in [2.24, 2.45) is 0 Å². The summed E-state index contributed by atoms with van der Waals surface area (Å²) in [4.78, 5) is 35.9. The van der Waals surface area contributed by atoms with Crippen LogP contribution in [0.15, 0.2) is 35.1 Å². The van der Waals surface area contributed by atoms with Gasteiger partial charge in [0.05, 0.1) is 6.54 Å². The van der Waals surface area contributed by atoms with Gasteiger partial charge in [-0.1, -0.05) is 12.1 Å². The van der Waals surface area contributed by atoms with E-state index in [1.54, 1.807) is 13.0 Å². The molecule has 1 saturated carbocycles. The van der Waals surface area contributed by atoms with E-state index in [0.29, 0.717) is 5.69 Å². The van der Waals surface area contributed by atoms with Crippen LogP contribution in [0.4, 0.5) is 4.39 Å². The number of hydrogen-bond acceptors (Lipinski definition) is 4. The van der Waals surface area contributed by atoms with Gasteiger partial charge in [-0.05, 0) is 31.9 Å². The minimum absolute atomic E-state index is 0.125. The molecular weight excluding hydrogens is 327 g/mol. The molecule has 7 nitrogen and oxygen atoms in total. The van der Waals surface area contributed by atoms with Crippen molar-refractivity contribution in [1.82, 2.24) is 20.4 Å². The second-order valence-corrected chi connectivity index (χ2v) is 5.89. The molecule has 1 aliphatic rings. The van der Waals surface area contributed by atoms with Gasteiger partial charge in [-0.2, -0.15) is 5.10 Å². The maximum absolute atomic E-state index is 14.0. The van der Waals surface area contributed by atoms with E-state index in [4.69, 9.17) is 0 Å². The van der Waals surface area contributed by atoms with Gasteiger partial charge in [0.2, 0.25) is 11.3 Å². The fourth-order valence-electron chi connectivity index (χ4n) is 2.32. The van der Waals surface area contributed by atoms with Crippen LogP contribution in [-0.2, 0) is 4.79 Å². The SMILES string of the molecule is Cc1cc(=O)c(C(=O)NCC(=O)NC2CC2)nn1-c1ccccc1F. The van der Waals surface area contributed by atoms with Crippen LogP contribution in [-0.4, -0.2) is 34.2 Å². The number of nitrogens with zero attached hydrogens (tertiary/aromatic N) is 2. The number of benzene rings is 1. The quantitative estimate of drug-likeness (QED) is 0.834. The number of aromatic nitrogens is 2. The highest BCUT2D eigenvalue weighted by Gasteiger charge is 2.23. The summed E-state index contributed by atoms with van der Waals surface area (Å²) in [6.07, 6.45) is 1.87. The van der Waals surface area contributed by atoms with E-state index in [2.05, 4.69) is 15.7 Å². The fourth-order valence-corrected chi connectivity index (χ4v) is 2.32. The van der Waals surface area contributed by atoms with Gasteiger partial charge in [-0.3, -0.25) is 14.4 Å². The third kappa shape index (κ3) is 3.90. The summed E-state index contributed by atoms with van der Waals surface area (Å²) in [5.41, 5.74) is -0.475. The number of hydrogen-bond donors (Lipinski definition) is 2. The molecule has 1 aromatic carbocycles. The van der Waals surface area contributed by atoms with Crippen molar-refractivity contribution in [3.05, 3.63) is 57.8 Å². The maximum atomic E-state index is 14.0. The van der Waals surface area contributed by atoms with E-state index >= 15 is 0 Å². The Labute approximate surface area is 142 Å². The highest BCUT2D eigenvalue weighted by atomic mass is 19.1. The second-order valence-electron chi connectivity index (χ2n) is 5.89. The Balaban J connectivity index is 1.82. The molecule has 2 amide bonds. The molecule has 0 radical (unpaired) electrons. The Bertz CT molecular complexity index is 890. The lowest BCUT2D eigenvalue weighted by Crippen LogP contribution is -2.40. The fraction of sp³-hybridized carbons (Fsp3) is 0.294. The van der Waals surface area contributed by atoms with Gasteiger partial charge < -0.3 is 10.6 Å². The lowest BCUT2D eigenvalue weighted by molar-refractivity contribution is -0.120. The van der Waals surface area contributed by atoms with Crippen LogP contribution < -0.4 is 16.1 Å². The normalized spacial score (nSPS) is 13.4. The average molecular weight is 344 g/mol. The molecule has 0 aliphatic heterocycles. The number of carbonyl (C=O) groups excluding carboxylic acids is 2. The lowest BCUT2D eigenvalue weighted by atomic mass is 10.2. The molecular formula is C17H17FN4O3. The van der Waals surface area contributed by atoms with Crippen LogP contribution >= 0.6 is 0 Å². The van der Waals surface area contributed by atoms with Crippen molar-refractivity contribution >= 4 is 11.8 Å². The zero-order chi connectivity index (χ0) is 18.0. The third-order valence-corrected chi connectivity index (χ3v) is 3.76. The van der Waals surface area contributed by atoms with Crippen LogP contribution in [0.5, 0.6) is 0 Å². The van der Waals surface area contributed by atoms with Crippen molar-refractivity contribution in [2.75, 3.05) is 6.54 Å². The zero-order valence-electron chi connectivity index (χ0n) is 13.6. The Morgan fingerprint density at radius 2 is 2.04 bits per heavy atom. The van der Waals surface area contributed by atoms with E-state index in [0.717, 1.165) is 12.8 Å². The molecule has 3 rings (SSSR count). The minimum Gasteiger partial charge on any atom is -0.352 e. The van der Waals surface area contributed by atoms with Gasteiger partial charge in [-0.15, -0.1) is 0 Å². The number of aryl methyl sites for hydroxylation is 1. The summed E-state index contributed by atoms with van der Waals surface area (Å²) in [7, 11) is 0. The van der Waals surface area contributed by atoms with E-state index in [1.807, 2.05) is 0 Å². The molecule has 25 heavy (non-hydrogen) atoms. The molecule has 1 fully saturated rings. The monoisotopic (exact) mass is 344 g/mol. The van der Waals surface area contributed by atoms with Crippen molar-refractivity contribution < 1.29 is 14.0 Å². The second kappa shape index (κ2) is 6.84. The molecule has 2 aromatic rings. The van der Waals surface area contributed by atoms with E-state index in [-0.39, 0.29) is 24.2 Å². The molecule has 2 N–H and O–H groups in total. The predicted octanol–water partition coefficient (Wildman–Crippen LogP) is 0.688. The highest BCUT2D eigenvalue weighted by Crippen LogP contribution is 2.18. The molecule has 0 spiro atoms. The number of carbonyl (C=O) groups is 2. The Kier molecular flexibility index (Phi) is 4.60. The van der Waals surface area contributed by atoms with E-state index in [1.165, 1.54) is 28.9 Å². The Hall–Kier alpha value is -3.03. The molecule has 8 heteroatoms. The highest BCUT2D eigenvalue weighted by molar-refractivity contribution is 5.94. The van der Waals surface area contributed by atoms with Crippen LogP contribution in [0.1, 0.15) is 29.0 Å². The molecule has 130 valence electrons. The predicted molar refractivity (Wildman–Crippen MR) is 88.0 cm³/mol. The summed E-state index contributed by atoms with van der Waals surface area (Å²) < 4.78 is 15.2. The van der Waals surface area contributed by atoms with Gasteiger partial charge in [0.15, 0.2) is 5.69 Å². The lowest BCUT2D eigenvalue weighted by Gasteiger charge is -2.12. The maximum Gasteiger partial charge on any atom is 0.276 e. The number of nitrogens with one attached hydrogen (secondary N) is 2. The molecule has 1 aliphatic carbocycles. The van der Waals surface area contributed by atoms with Gasteiger partial charge >= 0.3 is 0 Å².